The molecule has 0 amide bonds. The lowest BCUT2D eigenvalue weighted by molar-refractivity contribution is 0.0518. The Balaban J connectivity index is 1.96. The van der Waals surface area contributed by atoms with Gasteiger partial charge in [0.25, 0.3) is 0 Å². The van der Waals surface area contributed by atoms with Gasteiger partial charge in [0.05, 0.1) is 35.7 Å². The molecule has 6 nitrogen and oxygen atoms in total. The molecule has 4 rings (SSSR count). The van der Waals surface area contributed by atoms with Gasteiger partial charge in [-0.05, 0) is 48.9 Å². The molecule has 0 spiro atoms. The molecule has 0 saturated carbocycles. The molecule has 2 aromatic heterocycles. The van der Waals surface area contributed by atoms with Crippen LogP contribution in [0.5, 0.6) is 5.75 Å². The predicted molar refractivity (Wildman–Crippen MR) is 101 cm³/mol. The zero-order valence-electron chi connectivity index (χ0n) is 14.6. The van der Waals surface area contributed by atoms with Gasteiger partial charge in [0.2, 0.25) is 0 Å². The van der Waals surface area contributed by atoms with Crippen LogP contribution in [0.4, 0.5) is 5.69 Å². The van der Waals surface area contributed by atoms with Crippen LogP contribution >= 0.6 is 11.3 Å². The molecule has 0 aliphatic carbocycles. The number of nitrogens with two attached hydrogens (primary N) is 1. The van der Waals surface area contributed by atoms with Gasteiger partial charge in [-0.1, -0.05) is 6.07 Å². The number of thiophene rings is 1. The topological polar surface area (TPSA) is 79.4 Å². The molecule has 2 N–H and O–H groups in total. The third-order valence-electron chi connectivity index (χ3n) is 4.49. The number of ether oxygens (including phenoxy) is 2. The maximum Gasteiger partial charge on any atom is 0.358 e. The molecule has 7 heteroatoms. The normalized spacial score (nSPS) is 12.4. The minimum Gasteiger partial charge on any atom is -0.495 e. The Morgan fingerprint density at radius 2 is 2.23 bits per heavy atom. The number of hydrogen-bond acceptors (Lipinski definition) is 6. The highest BCUT2D eigenvalue weighted by atomic mass is 32.1. The van der Waals surface area contributed by atoms with Crippen molar-refractivity contribution < 1.29 is 14.3 Å². The molecule has 0 unspecified atom stereocenters. The first-order valence-electron chi connectivity index (χ1n) is 8.43. The van der Waals surface area contributed by atoms with Gasteiger partial charge >= 0.3 is 5.97 Å². The summed E-state index contributed by atoms with van der Waals surface area (Å²) in [7, 11) is 1.61. The van der Waals surface area contributed by atoms with Crippen LogP contribution in [0, 0.1) is 0 Å². The molecule has 134 valence electrons. The third kappa shape index (κ3) is 2.55. The number of esters is 1. The van der Waals surface area contributed by atoms with Crippen molar-refractivity contribution in [2.75, 3.05) is 19.5 Å². The number of aromatic nitrogens is 2. The molecule has 3 heterocycles. The fourth-order valence-corrected chi connectivity index (χ4v) is 4.05. The van der Waals surface area contributed by atoms with Crippen LogP contribution < -0.4 is 10.5 Å². The number of benzene rings is 1. The van der Waals surface area contributed by atoms with Crippen molar-refractivity contribution in [1.82, 2.24) is 9.55 Å². The van der Waals surface area contributed by atoms with Crippen molar-refractivity contribution in [1.29, 1.82) is 0 Å². The number of carbonyl (C=O) groups is 1. The predicted octanol–water partition coefficient (Wildman–Crippen LogP) is 3.47. The minimum absolute atomic E-state index is 0.320. The molecule has 0 radical (unpaired) electrons. The Labute approximate surface area is 155 Å². The number of aryl methyl sites for hydroxylation is 1. The van der Waals surface area contributed by atoms with Crippen molar-refractivity contribution in [3.63, 3.8) is 0 Å². The largest absolute Gasteiger partial charge is 0.495 e. The average Bonchev–Trinajstić information content (AvgIpc) is 3.28. The number of nitrogen functional groups attached to an aromatic ring is 1. The first-order chi connectivity index (χ1) is 12.6. The Hall–Kier alpha value is -2.80. The third-order valence-corrected chi connectivity index (χ3v) is 5.35. The molecule has 0 fully saturated rings. The lowest BCUT2D eigenvalue weighted by Gasteiger charge is -2.22. The molecule has 3 aromatic rings. The maximum absolute atomic E-state index is 12.4. The summed E-state index contributed by atoms with van der Waals surface area (Å²) in [4.78, 5) is 18.1. The summed E-state index contributed by atoms with van der Waals surface area (Å²) in [6.45, 7) is 2.11. The highest BCUT2D eigenvalue weighted by molar-refractivity contribution is 7.13. The van der Waals surface area contributed by atoms with Gasteiger partial charge in [0.15, 0.2) is 11.5 Å². The van der Waals surface area contributed by atoms with Gasteiger partial charge in [0, 0.05) is 0 Å². The summed E-state index contributed by atoms with van der Waals surface area (Å²) in [6.07, 6.45) is 1.49. The Morgan fingerprint density at radius 1 is 1.38 bits per heavy atom. The zero-order valence-corrected chi connectivity index (χ0v) is 15.4. The Kier molecular flexibility index (Phi) is 4.16. The van der Waals surface area contributed by atoms with E-state index in [1.165, 1.54) is 0 Å². The van der Waals surface area contributed by atoms with Crippen LogP contribution in [0.2, 0.25) is 0 Å². The van der Waals surface area contributed by atoms with E-state index in [0.29, 0.717) is 30.2 Å². The van der Waals surface area contributed by atoms with Crippen molar-refractivity contribution >= 4 is 23.0 Å². The van der Waals surface area contributed by atoms with Crippen LogP contribution in [0.1, 0.15) is 28.7 Å². The van der Waals surface area contributed by atoms with Crippen LogP contribution in [0.25, 0.3) is 16.4 Å². The molecule has 1 aromatic carbocycles. The van der Waals surface area contributed by atoms with Gasteiger partial charge in [-0.2, -0.15) is 0 Å². The van der Waals surface area contributed by atoms with Crippen molar-refractivity contribution in [3.05, 3.63) is 46.6 Å². The van der Waals surface area contributed by atoms with Crippen molar-refractivity contribution in [3.8, 4) is 22.1 Å². The van der Waals surface area contributed by atoms with E-state index in [-0.39, 0.29) is 5.97 Å². The molecular weight excluding hydrogens is 350 g/mol. The van der Waals surface area contributed by atoms with E-state index in [1.807, 2.05) is 34.2 Å². The van der Waals surface area contributed by atoms with Gasteiger partial charge in [-0.3, -0.25) is 4.57 Å². The van der Waals surface area contributed by atoms with Crippen LogP contribution in [-0.4, -0.2) is 29.2 Å². The number of anilines is 1. The first-order valence-corrected chi connectivity index (χ1v) is 9.31. The number of carbonyl (C=O) groups excluding carboxylic acids is 1. The maximum atomic E-state index is 12.4. The molecule has 0 atom stereocenters. The zero-order chi connectivity index (χ0) is 18.3. The van der Waals surface area contributed by atoms with E-state index in [0.717, 1.165) is 34.1 Å². The molecule has 1 aliphatic heterocycles. The van der Waals surface area contributed by atoms with Crippen molar-refractivity contribution in [2.45, 2.75) is 19.8 Å². The highest BCUT2D eigenvalue weighted by Crippen LogP contribution is 2.38. The SMILES string of the molecule is CCOC(=O)c1nc(-c2cccs2)n2c1CCc1cc(OC)c(N)cc1-2. The Bertz CT molecular complexity index is 977. The summed E-state index contributed by atoms with van der Waals surface area (Å²) < 4.78 is 12.6. The molecule has 0 saturated heterocycles. The van der Waals surface area contributed by atoms with Crippen LogP contribution in [0.3, 0.4) is 0 Å². The molecule has 0 bridgehead atoms. The summed E-state index contributed by atoms with van der Waals surface area (Å²) in [5.74, 6) is 1.02. The van der Waals surface area contributed by atoms with E-state index < -0.39 is 0 Å². The quantitative estimate of drug-likeness (QED) is 0.563. The van der Waals surface area contributed by atoms with E-state index in [9.17, 15) is 4.79 Å². The number of imidazole rings is 1. The summed E-state index contributed by atoms with van der Waals surface area (Å²) in [5, 5.41) is 1.99. The highest BCUT2D eigenvalue weighted by Gasteiger charge is 2.29. The van der Waals surface area contributed by atoms with E-state index in [2.05, 4.69) is 4.98 Å². The van der Waals surface area contributed by atoms with Gasteiger partial charge in [-0.25, -0.2) is 9.78 Å². The fourth-order valence-electron chi connectivity index (χ4n) is 3.34. The number of hydrogen-bond donors (Lipinski definition) is 1. The Morgan fingerprint density at radius 3 is 2.92 bits per heavy atom. The monoisotopic (exact) mass is 369 g/mol. The van der Waals surface area contributed by atoms with E-state index in [4.69, 9.17) is 15.2 Å². The summed E-state index contributed by atoms with van der Waals surface area (Å²) in [5.41, 5.74) is 10.0. The van der Waals surface area contributed by atoms with E-state index >= 15 is 0 Å². The van der Waals surface area contributed by atoms with Crippen LogP contribution in [0.15, 0.2) is 29.6 Å². The van der Waals surface area contributed by atoms with E-state index in [1.54, 1.807) is 25.4 Å². The van der Waals surface area contributed by atoms with Gasteiger partial charge in [0.1, 0.15) is 5.75 Å². The standard InChI is InChI=1S/C19H19N3O3S/c1-3-25-19(23)17-13-7-6-11-9-15(24-2)12(20)10-14(11)22(13)18(21-17)16-5-4-8-26-16/h4-5,8-10H,3,6-7,20H2,1-2H3. The second-order valence-corrected chi connectivity index (χ2v) is 6.93. The lowest BCUT2D eigenvalue weighted by atomic mass is 9.99. The second-order valence-electron chi connectivity index (χ2n) is 5.99. The van der Waals surface area contributed by atoms with Crippen molar-refractivity contribution in [2.24, 2.45) is 0 Å². The number of nitrogens with zero attached hydrogens (tertiary/aromatic N) is 2. The summed E-state index contributed by atoms with van der Waals surface area (Å²) >= 11 is 1.58. The number of fused-ring (bicyclic) bond motifs is 3. The molecular formula is C19H19N3O3S. The summed E-state index contributed by atoms with van der Waals surface area (Å²) in [6, 6.07) is 7.83. The smallest absolute Gasteiger partial charge is 0.358 e. The second kappa shape index (κ2) is 6.49. The molecule has 1 aliphatic rings. The number of methoxy groups -OCH3 is 1. The number of rotatable bonds is 4. The average molecular weight is 369 g/mol. The molecule has 26 heavy (non-hydrogen) atoms. The van der Waals surface area contributed by atoms with Crippen LogP contribution in [-0.2, 0) is 17.6 Å². The lowest BCUT2D eigenvalue weighted by Crippen LogP contribution is -2.16. The van der Waals surface area contributed by atoms with Gasteiger partial charge < -0.3 is 15.2 Å². The fraction of sp³-hybridized carbons (Fsp3) is 0.263. The first kappa shape index (κ1) is 16.7. The minimum atomic E-state index is -0.385. The van der Waals surface area contributed by atoms with Gasteiger partial charge in [-0.15, -0.1) is 11.3 Å².